The summed E-state index contributed by atoms with van der Waals surface area (Å²) in [5.74, 6) is -1.09. The van der Waals surface area contributed by atoms with E-state index in [-0.39, 0.29) is 18.9 Å². The minimum Gasteiger partial charge on any atom is -0.481 e. The number of aliphatic carboxylic acids is 1. The van der Waals surface area contributed by atoms with Crippen LogP contribution >= 0.6 is 11.6 Å². The summed E-state index contributed by atoms with van der Waals surface area (Å²) in [6.45, 7) is 3.54. The molecule has 19 heavy (non-hydrogen) atoms. The van der Waals surface area contributed by atoms with Crippen LogP contribution in [0.25, 0.3) is 0 Å². The SMILES string of the molecule is CCC(C)(CNC(=O)Cc1ccc(Cl)cc1)C(=O)O. The van der Waals surface area contributed by atoms with Crippen molar-refractivity contribution in [1.29, 1.82) is 0 Å². The molecule has 1 atom stereocenters. The van der Waals surface area contributed by atoms with E-state index < -0.39 is 11.4 Å². The molecule has 0 heterocycles. The van der Waals surface area contributed by atoms with Gasteiger partial charge in [0.05, 0.1) is 11.8 Å². The zero-order chi connectivity index (χ0) is 14.5. The molecule has 0 bridgehead atoms. The van der Waals surface area contributed by atoms with E-state index in [2.05, 4.69) is 5.32 Å². The molecular formula is C14H18ClNO3. The molecule has 0 aliphatic carbocycles. The fourth-order valence-corrected chi connectivity index (χ4v) is 1.62. The molecule has 0 spiro atoms. The summed E-state index contributed by atoms with van der Waals surface area (Å²) in [5.41, 5.74) is -0.0780. The van der Waals surface area contributed by atoms with Gasteiger partial charge in [-0.05, 0) is 31.0 Å². The van der Waals surface area contributed by atoms with Crippen LogP contribution in [0, 0.1) is 5.41 Å². The van der Waals surface area contributed by atoms with Crippen LogP contribution in [0.5, 0.6) is 0 Å². The van der Waals surface area contributed by atoms with Crippen LogP contribution in [0.4, 0.5) is 0 Å². The number of carboxylic acids is 1. The predicted molar refractivity (Wildman–Crippen MR) is 74.2 cm³/mol. The summed E-state index contributed by atoms with van der Waals surface area (Å²) in [7, 11) is 0. The van der Waals surface area contributed by atoms with Gasteiger partial charge in [0.1, 0.15) is 0 Å². The first-order chi connectivity index (χ1) is 8.87. The smallest absolute Gasteiger partial charge is 0.311 e. The molecule has 0 saturated carbocycles. The predicted octanol–water partition coefficient (Wildman–Crippen LogP) is 2.50. The van der Waals surface area contributed by atoms with Gasteiger partial charge in [-0.25, -0.2) is 0 Å². The third kappa shape index (κ3) is 4.56. The van der Waals surface area contributed by atoms with Gasteiger partial charge in [-0.1, -0.05) is 30.7 Å². The third-order valence-electron chi connectivity index (χ3n) is 3.25. The Hall–Kier alpha value is -1.55. The lowest BCUT2D eigenvalue weighted by atomic mass is 9.87. The van der Waals surface area contributed by atoms with E-state index in [0.717, 1.165) is 5.56 Å². The molecule has 0 saturated heterocycles. The Morgan fingerprint density at radius 3 is 2.37 bits per heavy atom. The summed E-state index contributed by atoms with van der Waals surface area (Å²) < 4.78 is 0. The highest BCUT2D eigenvalue weighted by Gasteiger charge is 2.31. The standard InChI is InChI=1S/C14H18ClNO3/c1-3-14(2,13(18)19)9-16-12(17)8-10-4-6-11(15)7-5-10/h4-7H,3,8-9H2,1-2H3,(H,16,17)(H,18,19). The van der Waals surface area contributed by atoms with Crippen molar-refractivity contribution >= 4 is 23.5 Å². The van der Waals surface area contributed by atoms with E-state index >= 15 is 0 Å². The van der Waals surface area contributed by atoms with Crippen molar-refractivity contribution in [2.75, 3.05) is 6.54 Å². The van der Waals surface area contributed by atoms with Crippen LogP contribution in [0.3, 0.4) is 0 Å². The molecule has 0 aliphatic rings. The van der Waals surface area contributed by atoms with Crippen LogP contribution in [0.1, 0.15) is 25.8 Å². The van der Waals surface area contributed by atoms with Crippen molar-refractivity contribution in [1.82, 2.24) is 5.32 Å². The van der Waals surface area contributed by atoms with Crippen molar-refractivity contribution in [3.8, 4) is 0 Å². The first kappa shape index (κ1) is 15.5. The molecule has 1 rings (SSSR count). The van der Waals surface area contributed by atoms with Gasteiger partial charge in [0.25, 0.3) is 0 Å². The average Bonchev–Trinajstić information content (AvgIpc) is 2.38. The quantitative estimate of drug-likeness (QED) is 0.843. The normalized spacial score (nSPS) is 13.6. The van der Waals surface area contributed by atoms with Crippen LogP contribution in [-0.2, 0) is 16.0 Å². The molecule has 1 amide bonds. The Morgan fingerprint density at radius 1 is 1.32 bits per heavy atom. The summed E-state index contributed by atoms with van der Waals surface area (Å²) in [6, 6.07) is 6.99. The second kappa shape index (κ2) is 6.57. The van der Waals surface area contributed by atoms with Gasteiger partial charge in [-0.2, -0.15) is 0 Å². The number of carboxylic acid groups (broad SMARTS) is 1. The molecule has 104 valence electrons. The number of carbonyl (C=O) groups is 2. The fraction of sp³-hybridized carbons (Fsp3) is 0.429. The summed E-state index contributed by atoms with van der Waals surface area (Å²) in [4.78, 5) is 22.8. The van der Waals surface area contributed by atoms with E-state index in [1.807, 2.05) is 0 Å². The number of rotatable bonds is 6. The summed E-state index contributed by atoms with van der Waals surface area (Å²) in [5, 5.41) is 12.4. The van der Waals surface area contributed by atoms with Gasteiger partial charge in [0, 0.05) is 11.6 Å². The number of hydrogen-bond donors (Lipinski definition) is 2. The Kier molecular flexibility index (Phi) is 5.36. The molecule has 1 aromatic rings. The van der Waals surface area contributed by atoms with E-state index in [0.29, 0.717) is 11.4 Å². The maximum atomic E-state index is 11.7. The topological polar surface area (TPSA) is 66.4 Å². The number of halogens is 1. The monoisotopic (exact) mass is 283 g/mol. The van der Waals surface area contributed by atoms with E-state index in [1.54, 1.807) is 38.1 Å². The van der Waals surface area contributed by atoms with Gasteiger partial charge in [0.2, 0.25) is 5.91 Å². The lowest BCUT2D eigenvalue weighted by Crippen LogP contribution is -2.41. The molecule has 0 aromatic heterocycles. The maximum absolute atomic E-state index is 11.7. The Morgan fingerprint density at radius 2 is 1.89 bits per heavy atom. The van der Waals surface area contributed by atoms with Crippen molar-refractivity contribution in [2.24, 2.45) is 5.41 Å². The molecule has 1 aromatic carbocycles. The largest absolute Gasteiger partial charge is 0.481 e. The summed E-state index contributed by atoms with van der Waals surface area (Å²) in [6.07, 6.45) is 0.681. The molecule has 0 fully saturated rings. The molecule has 4 nitrogen and oxygen atoms in total. The molecular weight excluding hydrogens is 266 g/mol. The van der Waals surface area contributed by atoms with Crippen LogP contribution < -0.4 is 5.32 Å². The third-order valence-corrected chi connectivity index (χ3v) is 3.50. The number of benzene rings is 1. The number of carbonyl (C=O) groups excluding carboxylic acids is 1. The average molecular weight is 284 g/mol. The highest BCUT2D eigenvalue weighted by atomic mass is 35.5. The van der Waals surface area contributed by atoms with Gasteiger partial charge >= 0.3 is 5.97 Å². The Labute approximate surface area is 117 Å². The second-order valence-corrected chi connectivity index (χ2v) is 5.24. The Bertz CT molecular complexity index is 458. The van der Waals surface area contributed by atoms with Gasteiger partial charge < -0.3 is 10.4 Å². The first-order valence-electron chi connectivity index (χ1n) is 6.12. The highest BCUT2D eigenvalue weighted by Crippen LogP contribution is 2.20. The minimum absolute atomic E-state index is 0.130. The molecule has 0 radical (unpaired) electrons. The minimum atomic E-state index is -0.921. The second-order valence-electron chi connectivity index (χ2n) is 4.80. The Balaban J connectivity index is 2.52. The lowest BCUT2D eigenvalue weighted by Gasteiger charge is -2.23. The zero-order valence-corrected chi connectivity index (χ0v) is 11.8. The van der Waals surface area contributed by atoms with Crippen molar-refractivity contribution in [3.05, 3.63) is 34.9 Å². The fourth-order valence-electron chi connectivity index (χ4n) is 1.50. The first-order valence-corrected chi connectivity index (χ1v) is 6.50. The summed E-state index contributed by atoms with van der Waals surface area (Å²) >= 11 is 5.76. The maximum Gasteiger partial charge on any atom is 0.311 e. The van der Waals surface area contributed by atoms with E-state index in [9.17, 15) is 9.59 Å². The van der Waals surface area contributed by atoms with Crippen LogP contribution in [0.2, 0.25) is 5.02 Å². The van der Waals surface area contributed by atoms with Crippen molar-refractivity contribution in [3.63, 3.8) is 0 Å². The molecule has 0 aliphatic heterocycles. The zero-order valence-electron chi connectivity index (χ0n) is 11.1. The van der Waals surface area contributed by atoms with Gasteiger partial charge in [-0.3, -0.25) is 9.59 Å². The van der Waals surface area contributed by atoms with Gasteiger partial charge in [0.15, 0.2) is 0 Å². The molecule has 2 N–H and O–H groups in total. The molecule has 1 unspecified atom stereocenters. The number of hydrogen-bond acceptors (Lipinski definition) is 2. The van der Waals surface area contributed by atoms with E-state index in [4.69, 9.17) is 16.7 Å². The van der Waals surface area contributed by atoms with Crippen molar-refractivity contribution in [2.45, 2.75) is 26.7 Å². The van der Waals surface area contributed by atoms with E-state index in [1.165, 1.54) is 0 Å². The van der Waals surface area contributed by atoms with Crippen molar-refractivity contribution < 1.29 is 14.7 Å². The number of nitrogens with one attached hydrogen (secondary N) is 1. The van der Waals surface area contributed by atoms with Crippen LogP contribution in [-0.4, -0.2) is 23.5 Å². The lowest BCUT2D eigenvalue weighted by molar-refractivity contribution is -0.148. The van der Waals surface area contributed by atoms with Gasteiger partial charge in [-0.15, -0.1) is 0 Å². The van der Waals surface area contributed by atoms with Crippen LogP contribution in [0.15, 0.2) is 24.3 Å². The highest BCUT2D eigenvalue weighted by molar-refractivity contribution is 6.30. The number of amides is 1. The molecule has 5 heteroatoms.